The number of carbonyl (C=O) groups excluding carboxylic acids is 1. The second-order valence-corrected chi connectivity index (χ2v) is 9.56. The van der Waals surface area contributed by atoms with Crippen molar-refractivity contribution in [1.29, 1.82) is 0 Å². The molecule has 0 radical (unpaired) electrons. The Morgan fingerprint density at radius 1 is 0.912 bits per heavy atom. The van der Waals surface area contributed by atoms with E-state index < -0.39 is 16.2 Å². The van der Waals surface area contributed by atoms with Crippen molar-refractivity contribution >= 4 is 15.9 Å². The number of hydrogen-bond donors (Lipinski definition) is 0. The highest BCUT2D eigenvalue weighted by molar-refractivity contribution is 7.86. The SMILES string of the molecule is CS(=O)(=O)Oc1ccc(C#CC2CC(=O)CC(c3ccc(OCc4ccccc4)cc3)O2)cc1. The number of carbonyl (C=O) groups is 1. The van der Waals surface area contributed by atoms with E-state index in [0.29, 0.717) is 18.6 Å². The summed E-state index contributed by atoms with van der Waals surface area (Å²) in [6.45, 7) is 0.484. The van der Waals surface area contributed by atoms with Crippen LogP contribution in [0.2, 0.25) is 0 Å². The topological polar surface area (TPSA) is 78.9 Å². The van der Waals surface area contributed by atoms with Gasteiger partial charge in [0.1, 0.15) is 30.0 Å². The molecule has 4 rings (SSSR count). The first kappa shape index (κ1) is 23.6. The van der Waals surface area contributed by atoms with Gasteiger partial charge in [-0.1, -0.05) is 54.3 Å². The highest BCUT2D eigenvalue weighted by Gasteiger charge is 2.28. The van der Waals surface area contributed by atoms with Gasteiger partial charge in [0.05, 0.1) is 12.4 Å². The van der Waals surface area contributed by atoms with Crippen LogP contribution in [0, 0.1) is 11.8 Å². The van der Waals surface area contributed by atoms with Crippen LogP contribution >= 0.6 is 0 Å². The maximum Gasteiger partial charge on any atom is 0.306 e. The molecule has 1 saturated heterocycles. The van der Waals surface area contributed by atoms with E-state index in [1.54, 1.807) is 12.1 Å². The summed E-state index contributed by atoms with van der Waals surface area (Å²) in [6.07, 6.45) is 0.637. The van der Waals surface area contributed by atoms with Crippen molar-refractivity contribution in [3.05, 3.63) is 95.6 Å². The van der Waals surface area contributed by atoms with Gasteiger partial charge in [-0.15, -0.1) is 0 Å². The molecular formula is C27H24O6S. The van der Waals surface area contributed by atoms with Crippen LogP contribution in [0.25, 0.3) is 0 Å². The lowest BCUT2D eigenvalue weighted by Gasteiger charge is -2.26. The normalized spacial score (nSPS) is 18.0. The number of Topliss-reactive ketones (excluding diaryl/α,β-unsaturated/α-hetero) is 1. The fourth-order valence-corrected chi connectivity index (χ4v) is 3.99. The second kappa shape index (κ2) is 10.6. The Hall–Kier alpha value is -3.60. The minimum absolute atomic E-state index is 0.0943. The van der Waals surface area contributed by atoms with Gasteiger partial charge in [0.25, 0.3) is 0 Å². The zero-order chi connectivity index (χ0) is 24.0. The van der Waals surface area contributed by atoms with Gasteiger partial charge in [0.2, 0.25) is 0 Å². The quantitative estimate of drug-likeness (QED) is 0.387. The van der Waals surface area contributed by atoms with Crippen LogP contribution in [0.4, 0.5) is 0 Å². The lowest BCUT2D eigenvalue weighted by Crippen LogP contribution is -2.27. The van der Waals surface area contributed by atoms with Gasteiger partial charge in [-0.05, 0) is 47.5 Å². The molecule has 1 heterocycles. The lowest BCUT2D eigenvalue weighted by atomic mass is 9.97. The summed E-state index contributed by atoms with van der Waals surface area (Å²) in [6, 6.07) is 23.9. The van der Waals surface area contributed by atoms with E-state index in [-0.39, 0.29) is 24.1 Å². The van der Waals surface area contributed by atoms with Crippen molar-refractivity contribution in [1.82, 2.24) is 0 Å². The first-order valence-corrected chi connectivity index (χ1v) is 12.6. The Morgan fingerprint density at radius 3 is 2.26 bits per heavy atom. The summed E-state index contributed by atoms with van der Waals surface area (Å²) < 4.78 is 39.1. The van der Waals surface area contributed by atoms with Crippen molar-refractivity contribution in [3.63, 3.8) is 0 Å². The Balaban J connectivity index is 1.37. The molecule has 174 valence electrons. The largest absolute Gasteiger partial charge is 0.489 e. The van der Waals surface area contributed by atoms with Crippen LogP contribution in [0.1, 0.15) is 35.6 Å². The zero-order valence-electron chi connectivity index (χ0n) is 18.6. The minimum atomic E-state index is -3.58. The zero-order valence-corrected chi connectivity index (χ0v) is 19.5. The third-order valence-corrected chi connectivity index (χ3v) is 5.63. The molecule has 3 aromatic carbocycles. The predicted octanol–water partition coefficient (Wildman–Crippen LogP) is 4.44. The van der Waals surface area contributed by atoms with Gasteiger partial charge < -0.3 is 13.7 Å². The third-order valence-electron chi connectivity index (χ3n) is 5.13. The molecule has 1 aliphatic heterocycles. The summed E-state index contributed by atoms with van der Waals surface area (Å²) in [5.41, 5.74) is 2.65. The molecule has 2 unspecified atom stereocenters. The van der Waals surface area contributed by atoms with Crippen molar-refractivity contribution in [3.8, 4) is 23.3 Å². The molecule has 2 atom stereocenters. The van der Waals surface area contributed by atoms with E-state index in [1.165, 1.54) is 12.1 Å². The molecule has 7 heteroatoms. The smallest absolute Gasteiger partial charge is 0.306 e. The summed E-state index contributed by atoms with van der Waals surface area (Å²) >= 11 is 0. The van der Waals surface area contributed by atoms with Crippen LogP contribution in [0.15, 0.2) is 78.9 Å². The fourth-order valence-electron chi connectivity index (χ4n) is 3.52. The van der Waals surface area contributed by atoms with Crippen molar-refractivity contribution in [2.75, 3.05) is 6.26 Å². The van der Waals surface area contributed by atoms with Gasteiger partial charge in [-0.25, -0.2) is 0 Å². The van der Waals surface area contributed by atoms with Gasteiger partial charge in [-0.3, -0.25) is 4.79 Å². The maximum atomic E-state index is 12.3. The molecule has 3 aromatic rings. The highest BCUT2D eigenvalue weighted by Crippen LogP contribution is 2.30. The molecule has 0 bridgehead atoms. The number of ether oxygens (including phenoxy) is 2. The average molecular weight is 477 g/mol. The van der Waals surface area contributed by atoms with Gasteiger partial charge >= 0.3 is 10.1 Å². The molecule has 1 fully saturated rings. The van der Waals surface area contributed by atoms with E-state index in [1.807, 2.05) is 54.6 Å². The van der Waals surface area contributed by atoms with E-state index >= 15 is 0 Å². The average Bonchev–Trinajstić information content (AvgIpc) is 2.82. The Morgan fingerprint density at radius 2 is 1.59 bits per heavy atom. The Kier molecular flexibility index (Phi) is 7.31. The van der Waals surface area contributed by atoms with Crippen molar-refractivity contribution in [2.24, 2.45) is 0 Å². The number of hydrogen-bond acceptors (Lipinski definition) is 6. The van der Waals surface area contributed by atoms with E-state index in [0.717, 1.165) is 23.1 Å². The summed E-state index contributed by atoms with van der Waals surface area (Å²) in [5, 5.41) is 0. The Labute approximate surface area is 199 Å². The number of benzene rings is 3. The predicted molar refractivity (Wildman–Crippen MR) is 128 cm³/mol. The second-order valence-electron chi connectivity index (χ2n) is 7.98. The third kappa shape index (κ3) is 6.95. The summed E-state index contributed by atoms with van der Waals surface area (Å²) in [4.78, 5) is 12.3. The maximum absolute atomic E-state index is 12.3. The van der Waals surface area contributed by atoms with E-state index in [9.17, 15) is 13.2 Å². The van der Waals surface area contributed by atoms with Crippen LogP contribution in [0.3, 0.4) is 0 Å². The molecule has 6 nitrogen and oxygen atoms in total. The van der Waals surface area contributed by atoms with Crippen LogP contribution < -0.4 is 8.92 Å². The molecule has 1 aliphatic rings. The molecule has 0 aliphatic carbocycles. The van der Waals surface area contributed by atoms with Crippen LogP contribution in [-0.2, 0) is 26.3 Å². The number of ketones is 1. The van der Waals surface area contributed by atoms with E-state index in [2.05, 4.69) is 11.8 Å². The summed E-state index contributed by atoms with van der Waals surface area (Å²) in [5.74, 6) is 7.05. The van der Waals surface area contributed by atoms with Crippen LogP contribution in [-0.4, -0.2) is 26.6 Å². The van der Waals surface area contributed by atoms with Crippen molar-refractivity contribution < 1.29 is 26.9 Å². The first-order chi connectivity index (χ1) is 16.3. The monoisotopic (exact) mass is 476 g/mol. The van der Waals surface area contributed by atoms with Crippen molar-refractivity contribution in [2.45, 2.75) is 31.7 Å². The minimum Gasteiger partial charge on any atom is -0.489 e. The van der Waals surface area contributed by atoms with E-state index in [4.69, 9.17) is 13.7 Å². The first-order valence-electron chi connectivity index (χ1n) is 10.8. The Bertz CT molecular complexity index is 1290. The van der Waals surface area contributed by atoms with Gasteiger partial charge in [0, 0.05) is 18.4 Å². The molecule has 0 amide bonds. The molecule has 0 spiro atoms. The molecule has 0 aromatic heterocycles. The molecular weight excluding hydrogens is 452 g/mol. The summed E-state index contributed by atoms with van der Waals surface area (Å²) in [7, 11) is -3.58. The number of rotatable bonds is 6. The highest BCUT2D eigenvalue weighted by atomic mass is 32.2. The van der Waals surface area contributed by atoms with Crippen LogP contribution in [0.5, 0.6) is 11.5 Å². The van der Waals surface area contributed by atoms with Gasteiger partial charge in [0.15, 0.2) is 0 Å². The molecule has 0 N–H and O–H groups in total. The molecule has 34 heavy (non-hydrogen) atoms. The standard InChI is InChI=1S/C27H24O6S/c1-34(29,30)33-25-12-7-20(8-13-25)9-14-26-17-23(28)18-27(32-26)22-10-15-24(16-11-22)31-19-21-5-3-2-4-6-21/h2-8,10-13,15-16,26-27H,17-19H2,1H3. The fraction of sp³-hybridized carbons (Fsp3) is 0.222. The van der Waals surface area contributed by atoms with Gasteiger partial charge in [-0.2, -0.15) is 8.42 Å². The molecule has 0 saturated carbocycles. The lowest BCUT2D eigenvalue weighted by molar-refractivity contribution is -0.132.